The van der Waals surface area contributed by atoms with Gasteiger partial charge in [0.25, 0.3) is 0 Å². The Labute approximate surface area is 90.1 Å². The van der Waals surface area contributed by atoms with Crippen molar-refractivity contribution in [1.82, 2.24) is 5.32 Å². The fourth-order valence-corrected chi connectivity index (χ4v) is 1.42. The lowest BCUT2D eigenvalue weighted by molar-refractivity contribution is -0.122. The van der Waals surface area contributed by atoms with Crippen LogP contribution in [-0.2, 0) is 4.79 Å². The molecule has 1 atom stereocenters. The Morgan fingerprint density at radius 2 is 2.27 bits per heavy atom. The van der Waals surface area contributed by atoms with Gasteiger partial charge in [0.2, 0.25) is 5.91 Å². The Balaban J connectivity index is 2.67. The Kier molecular flexibility index (Phi) is 4.31. The van der Waals surface area contributed by atoms with Gasteiger partial charge in [-0.25, -0.2) is 0 Å². The van der Waals surface area contributed by atoms with Crippen LogP contribution < -0.4 is 5.32 Å². The van der Waals surface area contributed by atoms with Crippen molar-refractivity contribution in [3.05, 3.63) is 35.4 Å². The maximum atomic E-state index is 11.6. The quantitative estimate of drug-likeness (QED) is 0.779. The Morgan fingerprint density at radius 1 is 1.53 bits per heavy atom. The summed E-state index contributed by atoms with van der Waals surface area (Å²) in [7, 11) is 0. The second kappa shape index (κ2) is 5.51. The van der Waals surface area contributed by atoms with Crippen LogP contribution in [-0.4, -0.2) is 24.2 Å². The third-order valence-electron chi connectivity index (χ3n) is 2.35. The number of benzene rings is 1. The van der Waals surface area contributed by atoms with Crippen molar-refractivity contribution < 1.29 is 9.90 Å². The van der Waals surface area contributed by atoms with Crippen molar-refractivity contribution in [3.8, 4) is 0 Å². The van der Waals surface area contributed by atoms with E-state index in [2.05, 4.69) is 5.32 Å². The zero-order valence-corrected chi connectivity index (χ0v) is 9.16. The molecule has 82 valence electrons. The van der Waals surface area contributed by atoms with Crippen LogP contribution in [0.25, 0.3) is 0 Å². The van der Waals surface area contributed by atoms with Gasteiger partial charge >= 0.3 is 0 Å². The number of carbonyl (C=O) groups is 1. The SMILES string of the molecule is Cc1cccc(C(C)C(=O)NCCO)c1. The van der Waals surface area contributed by atoms with E-state index in [1.165, 1.54) is 0 Å². The largest absolute Gasteiger partial charge is 0.395 e. The van der Waals surface area contributed by atoms with Crippen molar-refractivity contribution in [2.75, 3.05) is 13.2 Å². The van der Waals surface area contributed by atoms with Gasteiger partial charge in [-0.05, 0) is 19.4 Å². The fraction of sp³-hybridized carbons (Fsp3) is 0.417. The molecule has 0 aliphatic heterocycles. The maximum absolute atomic E-state index is 11.6. The number of nitrogens with one attached hydrogen (secondary N) is 1. The molecule has 0 aliphatic carbocycles. The molecule has 3 nitrogen and oxygen atoms in total. The second-order valence-electron chi connectivity index (χ2n) is 3.65. The minimum Gasteiger partial charge on any atom is -0.395 e. The van der Waals surface area contributed by atoms with Crippen molar-refractivity contribution in [2.24, 2.45) is 0 Å². The first-order chi connectivity index (χ1) is 7.15. The van der Waals surface area contributed by atoms with Crippen LogP contribution in [0, 0.1) is 6.92 Å². The average Bonchev–Trinajstić information content (AvgIpc) is 2.24. The molecular weight excluding hydrogens is 190 g/mol. The predicted molar refractivity (Wildman–Crippen MR) is 59.7 cm³/mol. The molecule has 1 aromatic carbocycles. The topological polar surface area (TPSA) is 49.3 Å². The molecule has 1 amide bonds. The Morgan fingerprint density at radius 3 is 2.87 bits per heavy atom. The van der Waals surface area contributed by atoms with Crippen molar-refractivity contribution in [3.63, 3.8) is 0 Å². The molecule has 2 N–H and O–H groups in total. The number of carbonyl (C=O) groups excluding carboxylic acids is 1. The maximum Gasteiger partial charge on any atom is 0.227 e. The molecule has 0 fully saturated rings. The summed E-state index contributed by atoms with van der Waals surface area (Å²) in [4.78, 5) is 11.6. The molecule has 1 unspecified atom stereocenters. The van der Waals surface area contributed by atoms with Crippen LogP contribution in [0.3, 0.4) is 0 Å². The van der Waals surface area contributed by atoms with E-state index >= 15 is 0 Å². The van der Waals surface area contributed by atoms with Crippen LogP contribution >= 0.6 is 0 Å². The number of hydrogen-bond donors (Lipinski definition) is 2. The zero-order chi connectivity index (χ0) is 11.3. The molecule has 0 saturated heterocycles. The zero-order valence-electron chi connectivity index (χ0n) is 9.16. The van der Waals surface area contributed by atoms with Gasteiger partial charge in [-0.3, -0.25) is 4.79 Å². The number of rotatable bonds is 4. The highest BCUT2D eigenvalue weighted by Crippen LogP contribution is 2.16. The van der Waals surface area contributed by atoms with E-state index in [0.717, 1.165) is 11.1 Å². The van der Waals surface area contributed by atoms with Gasteiger partial charge in [-0.1, -0.05) is 29.8 Å². The summed E-state index contributed by atoms with van der Waals surface area (Å²) in [6.45, 7) is 4.16. The van der Waals surface area contributed by atoms with Crippen LogP contribution in [0.5, 0.6) is 0 Å². The lowest BCUT2D eigenvalue weighted by atomic mass is 9.99. The number of amides is 1. The normalized spacial score (nSPS) is 12.2. The summed E-state index contributed by atoms with van der Waals surface area (Å²) in [5.74, 6) is -0.217. The lowest BCUT2D eigenvalue weighted by Gasteiger charge is -2.12. The highest BCUT2D eigenvalue weighted by atomic mass is 16.3. The van der Waals surface area contributed by atoms with E-state index in [1.807, 2.05) is 38.1 Å². The van der Waals surface area contributed by atoms with Crippen molar-refractivity contribution >= 4 is 5.91 Å². The number of aliphatic hydroxyl groups excluding tert-OH is 1. The van der Waals surface area contributed by atoms with E-state index in [0.29, 0.717) is 6.54 Å². The smallest absolute Gasteiger partial charge is 0.227 e. The molecule has 0 radical (unpaired) electrons. The molecular formula is C12H17NO2. The van der Waals surface area contributed by atoms with E-state index in [4.69, 9.17) is 5.11 Å². The van der Waals surface area contributed by atoms with Crippen molar-refractivity contribution in [1.29, 1.82) is 0 Å². The first-order valence-corrected chi connectivity index (χ1v) is 5.10. The summed E-state index contributed by atoms with van der Waals surface area (Å²) in [6, 6.07) is 7.89. The van der Waals surface area contributed by atoms with E-state index in [1.54, 1.807) is 0 Å². The molecule has 1 rings (SSSR count). The van der Waals surface area contributed by atoms with Gasteiger partial charge < -0.3 is 10.4 Å². The molecule has 0 aromatic heterocycles. The minimum atomic E-state index is -0.170. The van der Waals surface area contributed by atoms with Crippen LogP contribution in [0.15, 0.2) is 24.3 Å². The number of aryl methyl sites for hydroxylation is 1. The third kappa shape index (κ3) is 3.36. The van der Waals surface area contributed by atoms with Gasteiger partial charge in [-0.15, -0.1) is 0 Å². The summed E-state index contributed by atoms with van der Waals surface area (Å²) < 4.78 is 0. The summed E-state index contributed by atoms with van der Waals surface area (Å²) in [5, 5.41) is 11.3. The number of aliphatic hydroxyl groups is 1. The lowest BCUT2D eigenvalue weighted by Crippen LogP contribution is -2.30. The van der Waals surface area contributed by atoms with Gasteiger partial charge in [0, 0.05) is 6.54 Å². The van der Waals surface area contributed by atoms with Crippen LogP contribution in [0.4, 0.5) is 0 Å². The summed E-state index contributed by atoms with van der Waals surface area (Å²) >= 11 is 0. The van der Waals surface area contributed by atoms with Crippen LogP contribution in [0.1, 0.15) is 24.0 Å². The first-order valence-electron chi connectivity index (χ1n) is 5.10. The van der Waals surface area contributed by atoms with E-state index in [-0.39, 0.29) is 18.4 Å². The molecule has 3 heteroatoms. The molecule has 15 heavy (non-hydrogen) atoms. The van der Waals surface area contributed by atoms with E-state index < -0.39 is 0 Å². The molecule has 0 aliphatic rings. The third-order valence-corrected chi connectivity index (χ3v) is 2.35. The highest BCUT2D eigenvalue weighted by Gasteiger charge is 2.13. The van der Waals surface area contributed by atoms with Gasteiger partial charge in [0.05, 0.1) is 12.5 Å². The molecule has 0 heterocycles. The highest BCUT2D eigenvalue weighted by molar-refractivity contribution is 5.83. The monoisotopic (exact) mass is 207 g/mol. The first kappa shape index (κ1) is 11.7. The number of hydrogen-bond acceptors (Lipinski definition) is 2. The standard InChI is InChI=1S/C12H17NO2/c1-9-4-3-5-11(8-9)10(2)12(15)13-6-7-14/h3-5,8,10,14H,6-7H2,1-2H3,(H,13,15). The second-order valence-corrected chi connectivity index (χ2v) is 3.65. The van der Waals surface area contributed by atoms with Crippen molar-refractivity contribution in [2.45, 2.75) is 19.8 Å². The van der Waals surface area contributed by atoms with E-state index in [9.17, 15) is 4.79 Å². The van der Waals surface area contributed by atoms with Gasteiger partial charge in [0.1, 0.15) is 0 Å². The Bertz CT molecular complexity index is 336. The molecule has 0 saturated carbocycles. The average molecular weight is 207 g/mol. The predicted octanol–water partition coefficient (Wildman–Crippen LogP) is 1.21. The minimum absolute atomic E-state index is 0.0216. The fourth-order valence-electron chi connectivity index (χ4n) is 1.42. The molecule has 1 aromatic rings. The summed E-state index contributed by atoms with van der Waals surface area (Å²) in [5.41, 5.74) is 2.15. The Hall–Kier alpha value is -1.35. The summed E-state index contributed by atoms with van der Waals surface area (Å²) in [6.07, 6.45) is 0. The molecule has 0 bridgehead atoms. The van der Waals surface area contributed by atoms with Gasteiger partial charge in [-0.2, -0.15) is 0 Å². The molecule has 0 spiro atoms. The van der Waals surface area contributed by atoms with Gasteiger partial charge in [0.15, 0.2) is 0 Å². The van der Waals surface area contributed by atoms with Crippen LogP contribution in [0.2, 0.25) is 0 Å².